The minimum Gasteiger partial charge on any atom is -0.456 e. The third-order valence-electron chi connectivity index (χ3n) is 10.8. The minimum atomic E-state index is -1.96. The van der Waals surface area contributed by atoms with Gasteiger partial charge in [-0.1, -0.05) is 13.8 Å². The lowest BCUT2D eigenvalue weighted by Crippen LogP contribution is -2.59. The molecular weight excluding hydrogens is 536 g/mol. The number of Topliss-reactive ketones (excluding diaryl/α,β-unsaturated/α-hetero) is 2. The van der Waals surface area contributed by atoms with Crippen LogP contribution in [0.15, 0.2) is 23.5 Å². The van der Waals surface area contributed by atoms with Crippen LogP contribution in [0.3, 0.4) is 0 Å². The summed E-state index contributed by atoms with van der Waals surface area (Å²) in [6, 6.07) is 0. The van der Waals surface area contributed by atoms with Crippen LogP contribution >= 0.6 is 0 Å². The van der Waals surface area contributed by atoms with Gasteiger partial charge in [0.2, 0.25) is 11.6 Å². The third kappa shape index (κ3) is 3.68. The van der Waals surface area contributed by atoms with E-state index < -0.39 is 69.3 Å². The average Bonchev–Trinajstić information content (AvgIpc) is 3.45. The zero-order valence-electron chi connectivity index (χ0n) is 24.1. The Labute approximate surface area is 238 Å². The Kier molecular flexibility index (Phi) is 6.15. The largest absolute Gasteiger partial charge is 0.456 e. The van der Waals surface area contributed by atoms with Crippen molar-refractivity contribution in [1.82, 2.24) is 0 Å². The summed E-state index contributed by atoms with van der Waals surface area (Å²) in [5, 5.41) is 22.5. The van der Waals surface area contributed by atoms with Crippen molar-refractivity contribution in [2.24, 2.45) is 17.3 Å². The molecule has 1 aliphatic carbocycles. The summed E-state index contributed by atoms with van der Waals surface area (Å²) in [5.41, 5.74) is -6.40. The van der Waals surface area contributed by atoms with Crippen molar-refractivity contribution in [3.05, 3.63) is 23.5 Å². The quantitative estimate of drug-likeness (QED) is 0.462. The van der Waals surface area contributed by atoms with E-state index in [-0.39, 0.29) is 57.3 Å². The number of ketones is 2. The number of ether oxygens (including phenoxy) is 5. The van der Waals surface area contributed by atoms with Crippen LogP contribution in [-0.2, 0) is 42.9 Å². The number of hydrogen-bond acceptors (Lipinski definition) is 11. The van der Waals surface area contributed by atoms with Crippen molar-refractivity contribution in [3.8, 4) is 0 Å². The SMILES string of the molecule is CO[C@@]12C[C@@](C)(C(=O)[C@@H](C)C=C3C=C(C)C(=O)O3)CC[C@@]3(C[C@]45OC(=O)C[C@H]4O[C@@](C)(CO)[C@@H]5CC[C@@]3(O)C1=O)O2. The summed E-state index contributed by atoms with van der Waals surface area (Å²) >= 11 is 0. The molecule has 11 nitrogen and oxygen atoms in total. The van der Waals surface area contributed by atoms with E-state index in [9.17, 15) is 29.4 Å². The number of esters is 2. The molecule has 1 saturated carbocycles. The second kappa shape index (κ2) is 8.79. The van der Waals surface area contributed by atoms with Crippen molar-refractivity contribution in [2.75, 3.05) is 13.7 Å². The molecule has 4 saturated heterocycles. The highest BCUT2D eigenvalue weighted by Crippen LogP contribution is 2.66. The maximum Gasteiger partial charge on any atom is 0.339 e. The average molecular weight is 575 g/mol. The molecule has 5 aliphatic heterocycles. The van der Waals surface area contributed by atoms with Gasteiger partial charge in [0.05, 0.1) is 18.6 Å². The zero-order chi connectivity index (χ0) is 29.8. The van der Waals surface area contributed by atoms with Crippen LogP contribution in [0, 0.1) is 17.3 Å². The Bertz CT molecular complexity index is 1300. The molecule has 5 fully saturated rings. The van der Waals surface area contributed by atoms with E-state index in [2.05, 4.69) is 0 Å². The fraction of sp³-hybridized carbons (Fsp3) is 0.733. The lowest BCUT2D eigenvalue weighted by Gasteiger charge is -2.43. The Morgan fingerprint density at radius 2 is 1.93 bits per heavy atom. The van der Waals surface area contributed by atoms with Gasteiger partial charge in [-0.2, -0.15) is 0 Å². The van der Waals surface area contributed by atoms with Crippen LogP contribution < -0.4 is 0 Å². The molecule has 5 heterocycles. The van der Waals surface area contributed by atoms with E-state index >= 15 is 0 Å². The smallest absolute Gasteiger partial charge is 0.339 e. The monoisotopic (exact) mass is 574 g/mol. The van der Waals surface area contributed by atoms with Crippen molar-refractivity contribution in [3.63, 3.8) is 0 Å². The fourth-order valence-corrected chi connectivity index (χ4v) is 8.67. The van der Waals surface area contributed by atoms with Crippen LogP contribution in [0.4, 0.5) is 0 Å². The number of carbonyl (C=O) groups excluding carboxylic acids is 4. The van der Waals surface area contributed by atoms with Crippen molar-refractivity contribution in [1.29, 1.82) is 0 Å². The number of rotatable bonds is 5. The second-order valence-corrected chi connectivity index (χ2v) is 13.4. The van der Waals surface area contributed by atoms with Gasteiger partial charge in [0.25, 0.3) is 0 Å². The van der Waals surface area contributed by atoms with E-state index in [1.54, 1.807) is 39.8 Å². The fourth-order valence-electron chi connectivity index (χ4n) is 8.67. The minimum absolute atomic E-state index is 0.00318. The van der Waals surface area contributed by atoms with Gasteiger partial charge in [0.1, 0.15) is 28.8 Å². The van der Waals surface area contributed by atoms with Crippen molar-refractivity contribution >= 4 is 23.5 Å². The molecule has 0 aromatic heterocycles. The van der Waals surface area contributed by atoms with Gasteiger partial charge in [0, 0.05) is 42.8 Å². The summed E-state index contributed by atoms with van der Waals surface area (Å²) in [5.74, 6) is -4.50. The number of carbonyl (C=O) groups is 4. The summed E-state index contributed by atoms with van der Waals surface area (Å²) < 4.78 is 29.9. The van der Waals surface area contributed by atoms with Gasteiger partial charge in [-0.3, -0.25) is 14.4 Å². The molecule has 0 unspecified atom stereocenters. The predicted molar refractivity (Wildman–Crippen MR) is 139 cm³/mol. The Morgan fingerprint density at radius 1 is 1.20 bits per heavy atom. The first kappa shape index (κ1) is 28.7. The summed E-state index contributed by atoms with van der Waals surface area (Å²) in [4.78, 5) is 52.7. The van der Waals surface area contributed by atoms with Crippen LogP contribution in [0.25, 0.3) is 0 Å². The molecule has 9 atom stereocenters. The number of methoxy groups -OCH3 is 1. The van der Waals surface area contributed by atoms with Crippen LogP contribution in [0.5, 0.6) is 0 Å². The van der Waals surface area contributed by atoms with Crippen LogP contribution in [0.1, 0.15) is 72.6 Å². The molecule has 2 spiro atoms. The number of aliphatic hydroxyl groups is 2. The van der Waals surface area contributed by atoms with Gasteiger partial charge >= 0.3 is 11.9 Å². The summed E-state index contributed by atoms with van der Waals surface area (Å²) in [7, 11) is 1.33. The Morgan fingerprint density at radius 3 is 2.56 bits per heavy atom. The van der Waals surface area contributed by atoms with E-state index in [0.717, 1.165) is 0 Å². The van der Waals surface area contributed by atoms with Crippen LogP contribution in [0.2, 0.25) is 0 Å². The molecule has 2 bridgehead atoms. The molecule has 0 amide bonds. The molecule has 2 N–H and O–H groups in total. The summed E-state index contributed by atoms with van der Waals surface area (Å²) in [6.45, 7) is 6.54. The lowest BCUT2D eigenvalue weighted by molar-refractivity contribution is -0.255. The molecule has 0 aromatic carbocycles. The van der Waals surface area contributed by atoms with Gasteiger partial charge in [-0.05, 0) is 51.7 Å². The molecule has 0 aromatic rings. The molecule has 0 radical (unpaired) electrons. The number of aliphatic hydroxyl groups excluding tert-OH is 1. The molecule has 41 heavy (non-hydrogen) atoms. The highest BCUT2D eigenvalue weighted by Gasteiger charge is 2.80. The van der Waals surface area contributed by atoms with E-state index in [0.29, 0.717) is 11.3 Å². The molecule has 224 valence electrons. The first-order chi connectivity index (χ1) is 19.1. The number of fused-ring (bicyclic) bond motifs is 1. The molecule has 11 heteroatoms. The number of allylic oxidation sites excluding steroid dienone is 2. The zero-order valence-corrected chi connectivity index (χ0v) is 24.1. The van der Waals surface area contributed by atoms with E-state index in [1.165, 1.54) is 7.11 Å². The topological polar surface area (TPSA) is 155 Å². The maximum absolute atomic E-state index is 14.3. The standard InChI is InChI=1S/C30H38O11/c1-16(10-18-11-17(2)23(34)38-18)22(33)25(3)8-9-27-14-28-19(26(4,15-31)39-20(28)12-21(32)40-28)6-7-29(27,36)24(35)30(13-25,37-5)41-27/h10-11,16,19-20,31,36H,6-9,12-15H2,1-5H3/t16-,19-,20+,25-,26-,27-,28+,29+,30+/m0/s1. The lowest BCUT2D eigenvalue weighted by atomic mass is 9.63. The number of hydrogen-bond donors (Lipinski definition) is 2. The Hall–Kier alpha value is -2.44. The maximum atomic E-state index is 14.3. The first-order valence-electron chi connectivity index (χ1n) is 14.3. The van der Waals surface area contributed by atoms with E-state index in [1.807, 2.05) is 0 Å². The van der Waals surface area contributed by atoms with Crippen LogP contribution in [-0.4, -0.2) is 81.7 Å². The highest BCUT2D eigenvalue weighted by molar-refractivity contribution is 5.99. The van der Waals surface area contributed by atoms with E-state index in [4.69, 9.17) is 23.7 Å². The summed E-state index contributed by atoms with van der Waals surface area (Å²) in [6.07, 6.45) is 2.95. The molecule has 6 rings (SSSR count). The van der Waals surface area contributed by atoms with Gasteiger partial charge in [-0.15, -0.1) is 0 Å². The third-order valence-corrected chi connectivity index (χ3v) is 10.8. The molecule has 6 aliphatic rings. The predicted octanol–water partition coefficient (Wildman–Crippen LogP) is 1.82. The van der Waals surface area contributed by atoms with Crippen molar-refractivity contribution in [2.45, 2.75) is 107 Å². The highest BCUT2D eigenvalue weighted by atomic mass is 16.7. The second-order valence-electron chi connectivity index (χ2n) is 13.4. The van der Waals surface area contributed by atoms with Gasteiger partial charge in [0.15, 0.2) is 5.60 Å². The van der Waals surface area contributed by atoms with Gasteiger partial charge in [-0.25, -0.2) is 4.79 Å². The number of cyclic esters (lactones) is 1. The normalized spacial score (nSPS) is 48.5. The Balaban J connectivity index is 1.39. The molecular formula is C30H38O11. The first-order valence-corrected chi connectivity index (χ1v) is 14.3. The van der Waals surface area contributed by atoms with Gasteiger partial charge < -0.3 is 33.9 Å². The van der Waals surface area contributed by atoms with Crippen molar-refractivity contribution < 1.29 is 53.1 Å².